The standard InChI is InChI=1S/C23H27F2N5O4/c1-13-10-15(8-9-33-13)30-19(31)11-23(2,29-22(30)26)16-4-3-5-17(20(16)32)28-14-6-7-18(27-12-14)34-21(24)25/h3-7,12-13,15,21,28,32H,8-11H2,1-2H3,(H2,26,29)/t13-,15-,23+/m1/s1. The third kappa shape index (κ3) is 4.89. The summed E-state index contributed by atoms with van der Waals surface area (Å²) in [6.07, 6.45) is 2.74. The fourth-order valence-corrected chi connectivity index (χ4v) is 4.46. The van der Waals surface area contributed by atoms with Gasteiger partial charge in [-0.1, -0.05) is 12.1 Å². The van der Waals surface area contributed by atoms with Crippen molar-refractivity contribution in [3.8, 4) is 11.6 Å². The molecular formula is C23H27F2N5O4. The largest absolute Gasteiger partial charge is 0.505 e. The van der Waals surface area contributed by atoms with Crippen LogP contribution in [0.15, 0.2) is 41.5 Å². The molecule has 3 heterocycles. The van der Waals surface area contributed by atoms with Crippen molar-refractivity contribution >= 4 is 23.2 Å². The highest BCUT2D eigenvalue weighted by Gasteiger charge is 2.42. The zero-order chi connectivity index (χ0) is 24.5. The normalized spacial score (nSPS) is 25.3. The first-order chi connectivity index (χ1) is 16.2. The summed E-state index contributed by atoms with van der Waals surface area (Å²) in [5.74, 6) is -0.365. The minimum atomic E-state index is -2.97. The highest BCUT2D eigenvalue weighted by atomic mass is 19.3. The average Bonchev–Trinajstić information content (AvgIpc) is 2.75. The molecule has 2 aliphatic rings. The molecule has 1 aromatic carbocycles. The van der Waals surface area contributed by atoms with Gasteiger partial charge in [-0.3, -0.25) is 9.69 Å². The minimum Gasteiger partial charge on any atom is -0.505 e. The van der Waals surface area contributed by atoms with Gasteiger partial charge in [-0.05, 0) is 38.8 Å². The van der Waals surface area contributed by atoms with E-state index in [9.17, 15) is 18.7 Å². The Morgan fingerprint density at radius 2 is 2.15 bits per heavy atom. The fourth-order valence-electron chi connectivity index (χ4n) is 4.46. The van der Waals surface area contributed by atoms with Crippen LogP contribution in [0.25, 0.3) is 0 Å². The van der Waals surface area contributed by atoms with E-state index in [2.05, 4.69) is 20.0 Å². The lowest BCUT2D eigenvalue weighted by atomic mass is 9.85. The number of ether oxygens (including phenoxy) is 2. The number of amides is 1. The van der Waals surface area contributed by atoms with E-state index in [-0.39, 0.29) is 42.1 Å². The molecule has 0 unspecified atom stereocenters. The van der Waals surface area contributed by atoms with E-state index in [4.69, 9.17) is 10.5 Å². The summed E-state index contributed by atoms with van der Waals surface area (Å²) < 4.78 is 34.5. The van der Waals surface area contributed by atoms with Crippen LogP contribution in [0.4, 0.5) is 20.2 Å². The number of nitrogens with two attached hydrogens (primary N) is 1. The number of carbonyl (C=O) groups excluding carboxylic acids is 1. The first-order valence-corrected chi connectivity index (χ1v) is 11.0. The number of carbonyl (C=O) groups is 1. The number of halogens is 2. The second-order valence-electron chi connectivity index (χ2n) is 8.63. The van der Waals surface area contributed by atoms with Crippen molar-refractivity contribution in [3.05, 3.63) is 42.1 Å². The summed E-state index contributed by atoms with van der Waals surface area (Å²) in [7, 11) is 0. The average molecular weight is 475 g/mol. The number of para-hydroxylation sites is 1. The molecule has 34 heavy (non-hydrogen) atoms. The molecule has 0 saturated carbocycles. The summed E-state index contributed by atoms with van der Waals surface area (Å²) >= 11 is 0. The van der Waals surface area contributed by atoms with Crippen LogP contribution in [0, 0.1) is 0 Å². The molecule has 0 radical (unpaired) electrons. The molecule has 1 saturated heterocycles. The van der Waals surface area contributed by atoms with Crippen LogP contribution < -0.4 is 15.8 Å². The molecule has 1 aromatic heterocycles. The van der Waals surface area contributed by atoms with E-state index in [0.717, 1.165) is 0 Å². The second-order valence-corrected chi connectivity index (χ2v) is 8.63. The Balaban J connectivity index is 1.57. The summed E-state index contributed by atoms with van der Waals surface area (Å²) in [5, 5.41) is 14.0. The smallest absolute Gasteiger partial charge is 0.388 e. The van der Waals surface area contributed by atoms with E-state index in [1.807, 2.05) is 6.92 Å². The highest BCUT2D eigenvalue weighted by molar-refractivity contribution is 5.99. The number of anilines is 2. The number of phenolic OH excluding ortho intramolecular Hbond substituents is 1. The fraction of sp³-hybridized carbons (Fsp3) is 0.435. The van der Waals surface area contributed by atoms with Crippen molar-refractivity contribution in [2.45, 2.75) is 57.4 Å². The number of pyridine rings is 1. The molecular weight excluding hydrogens is 448 g/mol. The van der Waals surface area contributed by atoms with Crippen LogP contribution in [0.3, 0.4) is 0 Å². The maximum Gasteiger partial charge on any atom is 0.388 e. The third-order valence-electron chi connectivity index (χ3n) is 6.04. The molecule has 4 rings (SSSR count). The van der Waals surface area contributed by atoms with Crippen molar-refractivity contribution < 1.29 is 28.2 Å². The molecule has 0 aliphatic carbocycles. The predicted octanol–water partition coefficient (Wildman–Crippen LogP) is 3.46. The van der Waals surface area contributed by atoms with Gasteiger partial charge in [0.2, 0.25) is 11.8 Å². The summed E-state index contributed by atoms with van der Waals surface area (Å²) in [6, 6.07) is 7.75. The van der Waals surface area contributed by atoms with Gasteiger partial charge in [-0.25, -0.2) is 9.98 Å². The quantitative estimate of drug-likeness (QED) is 0.547. The van der Waals surface area contributed by atoms with Gasteiger partial charge in [0.15, 0.2) is 5.96 Å². The number of phenols is 1. The molecule has 11 heteroatoms. The zero-order valence-electron chi connectivity index (χ0n) is 18.9. The number of nitrogens with zero attached hydrogens (tertiary/aromatic N) is 3. The molecule has 9 nitrogen and oxygen atoms in total. The Morgan fingerprint density at radius 1 is 1.35 bits per heavy atom. The SMILES string of the molecule is C[C@@H]1C[C@H](N2C(=O)C[C@@](C)(c3cccc(Nc4ccc(OC(F)F)nc4)c3O)N=C2N)CCO1. The van der Waals surface area contributed by atoms with Gasteiger partial charge in [-0.15, -0.1) is 0 Å². The van der Waals surface area contributed by atoms with E-state index >= 15 is 0 Å². The Hall–Kier alpha value is -3.47. The lowest BCUT2D eigenvalue weighted by Crippen LogP contribution is -2.56. The molecule has 2 aliphatic heterocycles. The van der Waals surface area contributed by atoms with Crippen LogP contribution in [0.1, 0.15) is 38.7 Å². The van der Waals surface area contributed by atoms with Crippen molar-refractivity contribution in [2.75, 3.05) is 11.9 Å². The lowest BCUT2D eigenvalue weighted by Gasteiger charge is -2.41. The van der Waals surface area contributed by atoms with Gasteiger partial charge in [-0.2, -0.15) is 8.78 Å². The number of hydrogen-bond acceptors (Lipinski definition) is 8. The predicted molar refractivity (Wildman–Crippen MR) is 121 cm³/mol. The van der Waals surface area contributed by atoms with Gasteiger partial charge in [0.25, 0.3) is 0 Å². The van der Waals surface area contributed by atoms with Gasteiger partial charge in [0.1, 0.15) is 5.75 Å². The first-order valence-electron chi connectivity index (χ1n) is 11.0. The lowest BCUT2D eigenvalue weighted by molar-refractivity contribution is -0.133. The topological polar surface area (TPSA) is 122 Å². The molecule has 0 bridgehead atoms. The summed E-state index contributed by atoms with van der Waals surface area (Å²) in [4.78, 5) is 23.1. The number of benzene rings is 1. The third-order valence-corrected chi connectivity index (χ3v) is 6.04. The van der Waals surface area contributed by atoms with Crippen LogP contribution >= 0.6 is 0 Å². The van der Waals surface area contributed by atoms with Crippen molar-refractivity contribution in [1.82, 2.24) is 9.88 Å². The van der Waals surface area contributed by atoms with Crippen LogP contribution in [0.2, 0.25) is 0 Å². The van der Waals surface area contributed by atoms with Crippen LogP contribution in [0.5, 0.6) is 11.6 Å². The van der Waals surface area contributed by atoms with E-state index in [0.29, 0.717) is 36.4 Å². The van der Waals surface area contributed by atoms with Crippen molar-refractivity contribution in [3.63, 3.8) is 0 Å². The molecule has 1 fully saturated rings. The second kappa shape index (κ2) is 9.41. The molecule has 3 atom stereocenters. The van der Waals surface area contributed by atoms with Gasteiger partial charge in [0, 0.05) is 24.3 Å². The Kier molecular flexibility index (Phi) is 6.56. The number of rotatable bonds is 6. The molecule has 4 N–H and O–H groups in total. The number of nitrogens with one attached hydrogen (secondary N) is 1. The van der Waals surface area contributed by atoms with Crippen molar-refractivity contribution in [1.29, 1.82) is 0 Å². The number of alkyl halides is 2. The Bertz CT molecular complexity index is 1080. The molecule has 2 aromatic rings. The molecule has 1 amide bonds. The highest BCUT2D eigenvalue weighted by Crippen LogP contribution is 2.42. The number of aromatic nitrogens is 1. The number of aliphatic imine (C=N–C) groups is 1. The zero-order valence-corrected chi connectivity index (χ0v) is 18.9. The summed E-state index contributed by atoms with van der Waals surface area (Å²) in [6.45, 7) is 1.30. The molecule has 0 spiro atoms. The van der Waals surface area contributed by atoms with Crippen molar-refractivity contribution in [2.24, 2.45) is 10.7 Å². The Morgan fingerprint density at radius 3 is 2.79 bits per heavy atom. The van der Waals surface area contributed by atoms with E-state index < -0.39 is 12.2 Å². The van der Waals surface area contributed by atoms with Gasteiger partial charge in [0.05, 0.1) is 35.6 Å². The van der Waals surface area contributed by atoms with Gasteiger partial charge >= 0.3 is 6.61 Å². The Labute approximate surface area is 195 Å². The number of hydrogen-bond donors (Lipinski definition) is 3. The molecule has 182 valence electrons. The number of aromatic hydroxyl groups is 1. The maximum absolute atomic E-state index is 13.1. The first kappa shape index (κ1) is 23.7. The number of guanidine groups is 1. The minimum absolute atomic E-state index is 0.0324. The summed E-state index contributed by atoms with van der Waals surface area (Å²) in [5.41, 5.74) is 6.41. The van der Waals surface area contributed by atoms with E-state index in [1.54, 1.807) is 30.0 Å². The maximum atomic E-state index is 13.1. The van der Waals surface area contributed by atoms with Gasteiger partial charge < -0.3 is 25.6 Å². The van der Waals surface area contributed by atoms with Crippen LogP contribution in [-0.2, 0) is 15.1 Å². The van der Waals surface area contributed by atoms with E-state index in [1.165, 1.54) is 18.3 Å². The van der Waals surface area contributed by atoms with Crippen LogP contribution in [-0.4, -0.2) is 52.2 Å². The monoisotopic (exact) mass is 475 g/mol.